The second-order valence-electron chi connectivity index (χ2n) is 4.23. The van der Waals surface area contributed by atoms with Gasteiger partial charge in [0.2, 0.25) is 0 Å². The average molecular weight is 217 g/mol. The normalized spacial score (nSPS) is 11.5. The highest BCUT2D eigenvalue weighted by molar-refractivity contribution is 6.31. The third kappa shape index (κ3) is 2.77. The van der Waals surface area contributed by atoms with E-state index in [2.05, 4.69) is 5.32 Å². The molecule has 1 aromatic rings. The van der Waals surface area contributed by atoms with Crippen LogP contribution in [0.4, 0.5) is 15.8 Å². The van der Waals surface area contributed by atoms with Crippen LogP contribution in [-0.2, 0) is 0 Å². The van der Waals surface area contributed by atoms with Gasteiger partial charge in [-0.25, -0.2) is 4.39 Å². The van der Waals surface area contributed by atoms with Crippen molar-refractivity contribution in [2.75, 3.05) is 11.1 Å². The van der Waals surface area contributed by atoms with Crippen molar-refractivity contribution < 1.29 is 4.39 Å². The molecule has 4 heteroatoms. The molecule has 1 aromatic carbocycles. The lowest BCUT2D eigenvalue weighted by atomic mass is 10.1. The van der Waals surface area contributed by atoms with Crippen molar-refractivity contribution in [3.63, 3.8) is 0 Å². The highest BCUT2D eigenvalue weighted by Gasteiger charge is 2.13. The minimum atomic E-state index is -0.465. The highest BCUT2D eigenvalue weighted by Crippen LogP contribution is 2.28. The predicted octanol–water partition coefficient (Wildman–Crippen LogP) is 3.27. The van der Waals surface area contributed by atoms with Crippen molar-refractivity contribution in [1.82, 2.24) is 0 Å². The van der Waals surface area contributed by atoms with Crippen LogP contribution in [0.5, 0.6) is 0 Å². The maximum atomic E-state index is 13.1. The maximum Gasteiger partial charge on any atom is 0.143 e. The molecule has 0 bridgehead atoms. The molecule has 0 atom stereocenters. The third-order valence-corrected chi connectivity index (χ3v) is 1.89. The van der Waals surface area contributed by atoms with Gasteiger partial charge in [-0.3, -0.25) is 0 Å². The van der Waals surface area contributed by atoms with Crippen LogP contribution in [-0.4, -0.2) is 5.54 Å². The highest BCUT2D eigenvalue weighted by atomic mass is 35.5. The van der Waals surface area contributed by atoms with Gasteiger partial charge in [-0.1, -0.05) is 11.6 Å². The topological polar surface area (TPSA) is 38.0 Å². The summed E-state index contributed by atoms with van der Waals surface area (Å²) in [6.07, 6.45) is 0. The van der Waals surface area contributed by atoms with E-state index in [9.17, 15) is 4.39 Å². The van der Waals surface area contributed by atoms with Crippen LogP contribution in [0.3, 0.4) is 0 Å². The van der Waals surface area contributed by atoms with E-state index in [1.54, 1.807) is 0 Å². The minimum absolute atomic E-state index is 0.0435. The van der Waals surface area contributed by atoms with Crippen molar-refractivity contribution in [1.29, 1.82) is 0 Å². The molecular weight excluding hydrogens is 203 g/mol. The Balaban J connectivity index is 3.04. The number of nitrogens with two attached hydrogens (primary N) is 1. The second-order valence-corrected chi connectivity index (χ2v) is 4.64. The van der Waals surface area contributed by atoms with Crippen LogP contribution >= 0.6 is 11.6 Å². The Kier molecular flexibility index (Phi) is 2.90. The lowest BCUT2D eigenvalue weighted by Gasteiger charge is -2.23. The summed E-state index contributed by atoms with van der Waals surface area (Å²) in [7, 11) is 0. The van der Waals surface area contributed by atoms with Gasteiger partial charge in [0, 0.05) is 11.6 Å². The zero-order chi connectivity index (χ0) is 10.9. The van der Waals surface area contributed by atoms with E-state index in [0.29, 0.717) is 11.4 Å². The molecule has 2 nitrogen and oxygen atoms in total. The molecule has 0 saturated heterocycles. The fourth-order valence-corrected chi connectivity index (χ4v) is 1.25. The smallest absolute Gasteiger partial charge is 0.143 e. The van der Waals surface area contributed by atoms with Crippen molar-refractivity contribution in [2.24, 2.45) is 0 Å². The molecule has 0 heterocycles. The number of hydrogen-bond donors (Lipinski definition) is 2. The number of hydrogen-bond acceptors (Lipinski definition) is 2. The SMILES string of the molecule is CC(C)(C)Nc1cc(F)c(Cl)cc1N. The number of benzene rings is 1. The Morgan fingerprint density at radius 3 is 2.43 bits per heavy atom. The van der Waals surface area contributed by atoms with E-state index < -0.39 is 5.82 Å². The Morgan fingerprint density at radius 1 is 1.36 bits per heavy atom. The molecule has 0 saturated carbocycles. The van der Waals surface area contributed by atoms with Crippen LogP contribution in [0.1, 0.15) is 20.8 Å². The first-order chi connectivity index (χ1) is 6.29. The van der Waals surface area contributed by atoms with E-state index >= 15 is 0 Å². The van der Waals surface area contributed by atoms with Crippen LogP contribution in [0.25, 0.3) is 0 Å². The standard InChI is InChI=1S/C10H14ClFN2/c1-10(2,3)14-9-5-7(12)6(11)4-8(9)13/h4-5,14H,13H2,1-3H3. The maximum absolute atomic E-state index is 13.1. The van der Waals surface area contributed by atoms with E-state index in [-0.39, 0.29) is 10.6 Å². The molecule has 0 radical (unpaired) electrons. The van der Waals surface area contributed by atoms with Crippen molar-refractivity contribution >= 4 is 23.0 Å². The average Bonchev–Trinajstić information content (AvgIpc) is 1.97. The number of anilines is 2. The lowest BCUT2D eigenvalue weighted by Crippen LogP contribution is -2.26. The molecule has 0 amide bonds. The fourth-order valence-electron chi connectivity index (χ4n) is 1.07. The molecule has 0 aliphatic carbocycles. The van der Waals surface area contributed by atoms with Crippen molar-refractivity contribution in [2.45, 2.75) is 26.3 Å². The van der Waals surface area contributed by atoms with Crippen molar-refractivity contribution in [3.8, 4) is 0 Å². The summed E-state index contributed by atoms with van der Waals surface area (Å²) < 4.78 is 13.1. The van der Waals surface area contributed by atoms with Gasteiger partial charge in [0.1, 0.15) is 5.82 Å². The molecule has 3 N–H and O–H groups in total. The number of halogens is 2. The molecular formula is C10H14ClFN2. The summed E-state index contributed by atoms with van der Waals surface area (Å²) in [6.45, 7) is 5.91. The Hall–Kier alpha value is -0.960. The lowest BCUT2D eigenvalue weighted by molar-refractivity contribution is 0.619. The van der Waals surface area contributed by atoms with E-state index in [1.165, 1.54) is 12.1 Å². The summed E-state index contributed by atoms with van der Waals surface area (Å²) in [5.74, 6) is -0.465. The van der Waals surface area contributed by atoms with Gasteiger partial charge in [-0.2, -0.15) is 0 Å². The quantitative estimate of drug-likeness (QED) is 0.708. The summed E-state index contributed by atoms with van der Waals surface area (Å²) in [6, 6.07) is 2.72. The van der Waals surface area contributed by atoms with Gasteiger partial charge in [0.25, 0.3) is 0 Å². The zero-order valence-electron chi connectivity index (χ0n) is 8.49. The first kappa shape index (κ1) is 11.1. The molecule has 14 heavy (non-hydrogen) atoms. The molecule has 0 fully saturated rings. The van der Waals surface area contributed by atoms with E-state index in [0.717, 1.165) is 0 Å². The number of nitrogens with one attached hydrogen (secondary N) is 1. The monoisotopic (exact) mass is 216 g/mol. The molecule has 0 aliphatic rings. The molecule has 1 rings (SSSR count). The summed E-state index contributed by atoms with van der Waals surface area (Å²) in [5, 5.41) is 3.14. The Morgan fingerprint density at radius 2 is 1.93 bits per heavy atom. The third-order valence-electron chi connectivity index (χ3n) is 1.60. The summed E-state index contributed by atoms with van der Waals surface area (Å²) >= 11 is 5.57. The van der Waals surface area contributed by atoms with Crippen LogP contribution < -0.4 is 11.1 Å². The molecule has 0 aliphatic heterocycles. The molecule has 0 spiro atoms. The van der Waals surface area contributed by atoms with Gasteiger partial charge in [0.15, 0.2) is 0 Å². The Bertz CT molecular complexity index is 345. The van der Waals surface area contributed by atoms with Gasteiger partial charge in [0.05, 0.1) is 16.4 Å². The molecule has 0 aromatic heterocycles. The number of nitrogen functional groups attached to an aromatic ring is 1. The van der Waals surface area contributed by atoms with E-state index in [1.807, 2.05) is 20.8 Å². The largest absolute Gasteiger partial charge is 0.397 e. The first-order valence-electron chi connectivity index (χ1n) is 4.32. The van der Waals surface area contributed by atoms with Crippen LogP contribution in [0, 0.1) is 5.82 Å². The van der Waals surface area contributed by atoms with Crippen LogP contribution in [0.2, 0.25) is 5.02 Å². The Labute approximate surface area is 88.2 Å². The van der Waals surface area contributed by atoms with E-state index in [4.69, 9.17) is 17.3 Å². The minimum Gasteiger partial charge on any atom is -0.397 e. The fraction of sp³-hybridized carbons (Fsp3) is 0.400. The van der Waals surface area contributed by atoms with Gasteiger partial charge in [-0.05, 0) is 26.8 Å². The second kappa shape index (κ2) is 3.65. The number of rotatable bonds is 1. The predicted molar refractivity (Wildman–Crippen MR) is 59.2 cm³/mol. The van der Waals surface area contributed by atoms with Crippen LogP contribution in [0.15, 0.2) is 12.1 Å². The summed E-state index contributed by atoms with van der Waals surface area (Å²) in [5.41, 5.74) is 6.54. The van der Waals surface area contributed by atoms with Crippen molar-refractivity contribution in [3.05, 3.63) is 23.0 Å². The first-order valence-corrected chi connectivity index (χ1v) is 4.70. The molecule has 78 valence electrons. The van der Waals surface area contributed by atoms with Gasteiger partial charge in [-0.15, -0.1) is 0 Å². The van der Waals surface area contributed by atoms with Gasteiger partial charge < -0.3 is 11.1 Å². The zero-order valence-corrected chi connectivity index (χ0v) is 9.24. The molecule has 0 unspecified atom stereocenters. The van der Waals surface area contributed by atoms with Gasteiger partial charge >= 0.3 is 0 Å². The summed E-state index contributed by atoms with van der Waals surface area (Å²) in [4.78, 5) is 0.